The van der Waals surface area contributed by atoms with Crippen LogP contribution >= 0.6 is 11.8 Å². The largest absolute Gasteiger partial charge is 0.467 e. The number of aromatic nitrogens is 2. The number of carbonyl (C=O) groups is 1. The third-order valence-corrected chi connectivity index (χ3v) is 5.62. The van der Waals surface area contributed by atoms with Crippen LogP contribution in [0.4, 0.5) is 8.78 Å². The maximum Gasteiger partial charge on any atom is 0.266 e. The Balaban J connectivity index is 1.72. The summed E-state index contributed by atoms with van der Waals surface area (Å²) >= 11 is 1.00. The van der Waals surface area contributed by atoms with Crippen molar-refractivity contribution in [2.24, 2.45) is 0 Å². The third-order valence-electron chi connectivity index (χ3n) is 4.56. The topological polar surface area (TPSA) is 77.1 Å². The molecule has 0 radical (unpaired) electrons. The molecule has 0 fully saturated rings. The van der Waals surface area contributed by atoms with E-state index in [9.17, 15) is 18.4 Å². The molecule has 0 saturated heterocycles. The van der Waals surface area contributed by atoms with Crippen LogP contribution in [-0.4, -0.2) is 20.7 Å². The van der Waals surface area contributed by atoms with Gasteiger partial charge >= 0.3 is 0 Å². The van der Waals surface area contributed by atoms with Crippen LogP contribution in [0.1, 0.15) is 12.7 Å². The number of halogens is 2. The van der Waals surface area contributed by atoms with E-state index in [4.69, 9.17) is 4.42 Å². The van der Waals surface area contributed by atoms with Crippen LogP contribution in [0.2, 0.25) is 0 Å². The number of amides is 1. The normalized spacial score (nSPS) is 12.1. The van der Waals surface area contributed by atoms with Crippen LogP contribution in [-0.2, 0) is 11.3 Å². The second kappa shape index (κ2) is 8.73. The monoisotopic (exact) mass is 441 g/mol. The van der Waals surface area contributed by atoms with Gasteiger partial charge < -0.3 is 9.73 Å². The highest BCUT2D eigenvalue weighted by molar-refractivity contribution is 8.00. The summed E-state index contributed by atoms with van der Waals surface area (Å²) < 4.78 is 34.2. The molecule has 1 N–H and O–H groups in total. The van der Waals surface area contributed by atoms with E-state index in [2.05, 4.69) is 10.3 Å². The minimum absolute atomic E-state index is 0.120. The Hall–Kier alpha value is -3.46. The molecule has 1 atom stereocenters. The van der Waals surface area contributed by atoms with Crippen molar-refractivity contribution in [1.82, 2.24) is 14.9 Å². The standard InChI is InChI=1S/C22H17F2N3O3S/c1-13(20(28)25-12-15-5-4-10-30-15)31-22-26-18-7-3-2-6-16(18)21(29)27(22)19-9-8-14(23)11-17(19)24/h2-11,13H,12H2,1H3,(H,25,28). The quantitative estimate of drug-likeness (QED) is 0.361. The number of hydrogen-bond acceptors (Lipinski definition) is 5. The molecule has 1 amide bonds. The van der Waals surface area contributed by atoms with Crippen molar-refractivity contribution in [1.29, 1.82) is 0 Å². The summed E-state index contributed by atoms with van der Waals surface area (Å²) in [5, 5.41) is 2.49. The minimum atomic E-state index is -0.907. The molecule has 158 valence electrons. The number of para-hydroxylation sites is 1. The van der Waals surface area contributed by atoms with Crippen molar-refractivity contribution >= 4 is 28.6 Å². The highest BCUT2D eigenvalue weighted by Crippen LogP contribution is 2.26. The molecule has 0 aliphatic rings. The van der Waals surface area contributed by atoms with Gasteiger partial charge in [-0.05, 0) is 43.3 Å². The van der Waals surface area contributed by atoms with E-state index in [0.29, 0.717) is 17.3 Å². The summed E-state index contributed by atoms with van der Waals surface area (Å²) in [4.78, 5) is 30.2. The zero-order valence-electron chi connectivity index (χ0n) is 16.3. The number of rotatable bonds is 6. The zero-order chi connectivity index (χ0) is 22.0. The van der Waals surface area contributed by atoms with Crippen molar-refractivity contribution in [2.75, 3.05) is 0 Å². The lowest BCUT2D eigenvalue weighted by atomic mass is 10.2. The molecule has 9 heteroatoms. The molecule has 6 nitrogen and oxygen atoms in total. The fourth-order valence-electron chi connectivity index (χ4n) is 3.01. The van der Waals surface area contributed by atoms with Gasteiger partial charge in [-0.25, -0.2) is 13.8 Å². The van der Waals surface area contributed by atoms with Gasteiger partial charge in [0, 0.05) is 6.07 Å². The van der Waals surface area contributed by atoms with E-state index in [0.717, 1.165) is 22.4 Å². The molecule has 2 heterocycles. The Morgan fingerprint density at radius 1 is 1.19 bits per heavy atom. The molecular formula is C22H17F2N3O3S. The number of nitrogens with zero attached hydrogens (tertiary/aromatic N) is 2. The Bertz CT molecular complexity index is 1310. The number of benzene rings is 2. The third kappa shape index (κ3) is 4.36. The van der Waals surface area contributed by atoms with Crippen molar-refractivity contribution in [3.63, 3.8) is 0 Å². The van der Waals surface area contributed by atoms with Crippen molar-refractivity contribution in [3.8, 4) is 5.69 Å². The Morgan fingerprint density at radius 2 is 2.00 bits per heavy atom. The van der Waals surface area contributed by atoms with Crippen molar-refractivity contribution < 1.29 is 18.0 Å². The van der Waals surface area contributed by atoms with E-state index in [-0.39, 0.29) is 28.7 Å². The van der Waals surface area contributed by atoms with Crippen LogP contribution < -0.4 is 10.9 Å². The second-order valence-electron chi connectivity index (χ2n) is 6.71. The molecule has 2 aromatic carbocycles. The molecule has 0 aliphatic heterocycles. The van der Waals surface area contributed by atoms with Gasteiger partial charge in [0.2, 0.25) is 5.91 Å². The first kappa shape index (κ1) is 20.8. The number of nitrogens with one attached hydrogen (secondary N) is 1. The van der Waals surface area contributed by atoms with Crippen LogP contribution in [0.15, 0.2) is 75.2 Å². The molecule has 31 heavy (non-hydrogen) atoms. The Kier molecular flexibility index (Phi) is 5.85. The summed E-state index contributed by atoms with van der Waals surface area (Å²) in [6, 6.07) is 13.0. The predicted octanol–water partition coefficient (Wildman–Crippen LogP) is 4.05. The molecule has 0 aliphatic carbocycles. The highest BCUT2D eigenvalue weighted by atomic mass is 32.2. The molecule has 2 aromatic heterocycles. The first-order chi connectivity index (χ1) is 14.9. The van der Waals surface area contributed by atoms with Gasteiger partial charge in [0.05, 0.1) is 34.6 Å². The summed E-state index contributed by atoms with van der Waals surface area (Å²) in [7, 11) is 0. The maximum atomic E-state index is 14.5. The van der Waals surface area contributed by atoms with Gasteiger partial charge in [0.25, 0.3) is 5.56 Å². The molecular weight excluding hydrogens is 424 g/mol. The van der Waals surface area contributed by atoms with Gasteiger partial charge in [-0.15, -0.1) is 0 Å². The lowest BCUT2D eigenvalue weighted by Gasteiger charge is -2.16. The first-order valence-electron chi connectivity index (χ1n) is 9.38. The number of carbonyl (C=O) groups excluding carboxylic acids is 1. The highest BCUT2D eigenvalue weighted by Gasteiger charge is 2.22. The minimum Gasteiger partial charge on any atom is -0.467 e. The maximum absolute atomic E-state index is 14.5. The predicted molar refractivity (Wildman–Crippen MR) is 113 cm³/mol. The number of fused-ring (bicyclic) bond motifs is 1. The van der Waals surface area contributed by atoms with Gasteiger partial charge in [-0.1, -0.05) is 23.9 Å². The number of furan rings is 1. The van der Waals surface area contributed by atoms with Crippen molar-refractivity contribution in [2.45, 2.75) is 23.9 Å². The molecule has 0 saturated carbocycles. The lowest BCUT2D eigenvalue weighted by Crippen LogP contribution is -2.31. The van der Waals surface area contributed by atoms with Gasteiger partial charge in [0.1, 0.15) is 17.4 Å². The smallest absolute Gasteiger partial charge is 0.266 e. The van der Waals surface area contributed by atoms with E-state index < -0.39 is 22.4 Å². The molecule has 4 aromatic rings. The van der Waals surface area contributed by atoms with Gasteiger partial charge in [-0.2, -0.15) is 0 Å². The van der Waals surface area contributed by atoms with E-state index >= 15 is 0 Å². The Labute approximate surface area is 179 Å². The first-order valence-corrected chi connectivity index (χ1v) is 10.3. The molecule has 1 unspecified atom stereocenters. The van der Waals surface area contributed by atoms with Crippen molar-refractivity contribution in [3.05, 3.63) is 88.6 Å². The molecule has 0 bridgehead atoms. The van der Waals surface area contributed by atoms with E-state index in [1.165, 1.54) is 12.3 Å². The molecule has 0 spiro atoms. The zero-order valence-corrected chi connectivity index (χ0v) is 17.2. The summed E-state index contributed by atoms with van der Waals surface area (Å²) in [6.07, 6.45) is 1.51. The van der Waals surface area contributed by atoms with Gasteiger partial charge in [0.15, 0.2) is 5.16 Å². The number of thioether (sulfide) groups is 1. The van der Waals surface area contributed by atoms with E-state index in [1.54, 1.807) is 43.3 Å². The van der Waals surface area contributed by atoms with Gasteiger partial charge in [-0.3, -0.25) is 14.2 Å². The van der Waals surface area contributed by atoms with E-state index in [1.807, 2.05) is 0 Å². The molecule has 4 rings (SSSR count). The lowest BCUT2D eigenvalue weighted by molar-refractivity contribution is -0.120. The fraction of sp³-hybridized carbons (Fsp3) is 0.136. The van der Waals surface area contributed by atoms with Crippen LogP contribution in [0.25, 0.3) is 16.6 Å². The average Bonchev–Trinajstić information content (AvgIpc) is 3.27. The van der Waals surface area contributed by atoms with Crippen LogP contribution in [0.5, 0.6) is 0 Å². The Morgan fingerprint density at radius 3 is 2.74 bits per heavy atom. The second-order valence-corrected chi connectivity index (χ2v) is 8.01. The SMILES string of the molecule is CC(Sc1nc2ccccc2c(=O)n1-c1ccc(F)cc1F)C(=O)NCc1ccco1. The van der Waals surface area contributed by atoms with Crippen LogP contribution in [0, 0.1) is 11.6 Å². The summed E-state index contributed by atoms with van der Waals surface area (Å²) in [5.41, 5.74) is -0.242. The fourth-order valence-corrected chi connectivity index (χ4v) is 3.95. The average molecular weight is 441 g/mol. The summed E-state index contributed by atoms with van der Waals surface area (Å²) in [5.74, 6) is -1.38. The number of hydrogen-bond donors (Lipinski definition) is 1. The van der Waals surface area contributed by atoms with Crippen LogP contribution in [0.3, 0.4) is 0 Å². The summed E-state index contributed by atoms with van der Waals surface area (Å²) in [6.45, 7) is 1.86.